The predicted octanol–water partition coefficient (Wildman–Crippen LogP) is 16.0. The molecule has 0 saturated heterocycles. The van der Waals surface area contributed by atoms with Crippen LogP contribution in [0.25, 0.3) is 0 Å². The molecule has 0 saturated carbocycles. The summed E-state index contributed by atoms with van der Waals surface area (Å²) in [5.74, 6) is 0.950. The van der Waals surface area contributed by atoms with Crippen molar-refractivity contribution in [3.63, 3.8) is 0 Å². The van der Waals surface area contributed by atoms with Gasteiger partial charge in [0.05, 0.1) is 6.61 Å². The van der Waals surface area contributed by atoms with Gasteiger partial charge in [0, 0.05) is 5.75 Å². The normalized spacial score (nSPS) is 13.0. The Bertz CT molecular complexity index is 543. The third kappa shape index (κ3) is 41.0. The fourth-order valence-electron chi connectivity index (χ4n) is 6.40. The Morgan fingerprint density at radius 1 is 0.378 bits per heavy atom. The maximum atomic E-state index is 10.5. The lowest BCUT2D eigenvalue weighted by Crippen LogP contribution is -1.92. The van der Waals surface area contributed by atoms with Crippen LogP contribution >= 0.6 is 17.1 Å². The zero-order valence-corrected chi connectivity index (χ0v) is 33.5. The van der Waals surface area contributed by atoms with Gasteiger partial charge in [-0.3, -0.25) is 0 Å². The van der Waals surface area contributed by atoms with E-state index in [1.807, 2.05) is 0 Å². The van der Waals surface area contributed by atoms with Crippen LogP contribution in [0.5, 0.6) is 0 Å². The van der Waals surface area contributed by atoms with Crippen LogP contribution in [0.15, 0.2) is 0 Å². The van der Waals surface area contributed by atoms with Crippen molar-refractivity contribution in [2.45, 2.75) is 245 Å². The first-order valence-corrected chi connectivity index (χ1v) is 25.0. The Kier molecular flexibility index (Phi) is 40.2. The topological polar surface area (TPSA) is 29.5 Å². The van der Waals surface area contributed by atoms with Crippen LogP contribution in [0.3, 0.4) is 0 Å². The number of rotatable bonds is 40. The number of hydrogen-bond donors (Lipinski definition) is 1. The van der Waals surface area contributed by atoms with E-state index in [0.29, 0.717) is 6.61 Å². The first kappa shape index (κ1) is 45.9. The number of hydrogen-bond acceptors (Lipinski definition) is 3. The first-order chi connectivity index (χ1) is 22.1. The summed E-state index contributed by atoms with van der Waals surface area (Å²) in [7, 11) is 0. The van der Waals surface area contributed by atoms with Crippen molar-refractivity contribution in [1.82, 2.24) is 0 Å². The molecule has 1 unspecified atom stereocenters. The monoisotopic (exact) mass is 691 g/mol. The van der Waals surface area contributed by atoms with Crippen molar-refractivity contribution < 1.29 is 9.42 Å². The summed E-state index contributed by atoms with van der Waals surface area (Å²) >= 11 is 6.90. The zero-order valence-electron chi connectivity index (χ0n) is 31.0. The number of unbranched alkanes of at least 4 members (excludes halogenated alkanes) is 34. The van der Waals surface area contributed by atoms with Gasteiger partial charge in [-0.1, -0.05) is 244 Å². The minimum absolute atomic E-state index is 0.638. The van der Waals surface area contributed by atoms with Gasteiger partial charge in [0.15, 0.2) is 0 Å². The fraction of sp³-hybridized carbons (Fsp3) is 1.00. The molecule has 45 heavy (non-hydrogen) atoms. The van der Waals surface area contributed by atoms with Gasteiger partial charge in [-0.2, -0.15) is 0 Å². The van der Waals surface area contributed by atoms with Crippen LogP contribution < -0.4 is 0 Å². The minimum Gasteiger partial charge on any atom is -0.337 e. The fourth-order valence-corrected chi connectivity index (χ4v) is 9.82. The summed E-state index contributed by atoms with van der Waals surface area (Å²) in [5, 5.41) is 0. The van der Waals surface area contributed by atoms with Crippen LogP contribution in [0, 0.1) is 0 Å². The second-order valence-corrected chi connectivity index (χ2v) is 20.5. The molecule has 0 amide bonds. The van der Waals surface area contributed by atoms with Crippen molar-refractivity contribution in [3.05, 3.63) is 0 Å². The van der Waals surface area contributed by atoms with Crippen molar-refractivity contribution in [1.29, 1.82) is 0 Å². The Hall–Kier alpha value is 0.920. The lowest BCUT2D eigenvalue weighted by molar-refractivity contribution is 0.307. The first-order valence-electron chi connectivity index (χ1n) is 20.7. The smallest absolute Gasteiger partial charge is 0.244 e. The van der Waals surface area contributed by atoms with Crippen molar-refractivity contribution >= 4 is 28.9 Å². The van der Waals surface area contributed by atoms with E-state index in [1.54, 1.807) is 0 Å². The molecular weight excluding hydrogens is 608 g/mol. The second-order valence-electron chi connectivity index (χ2n) is 14.2. The highest BCUT2D eigenvalue weighted by Gasteiger charge is 2.13. The maximum absolute atomic E-state index is 10.5. The molecule has 0 bridgehead atoms. The van der Waals surface area contributed by atoms with E-state index < -0.39 is 5.69 Å². The molecule has 1 atom stereocenters. The van der Waals surface area contributed by atoms with Gasteiger partial charge in [0.25, 0.3) is 0 Å². The molecule has 0 aromatic rings. The van der Waals surface area contributed by atoms with E-state index in [2.05, 4.69) is 13.8 Å². The Morgan fingerprint density at radius 2 is 0.600 bits per heavy atom. The molecule has 0 aromatic heterocycles. The molecular formula is C40H83O2PS2. The van der Waals surface area contributed by atoms with E-state index in [4.69, 9.17) is 16.3 Å². The average Bonchev–Trinajstić information content (AvgIpc) is 3.03. The van der Waals surface area contributed by atoms with E-state index in [0.717, 1.165) is 18.6 Å². The highest BCUT2D eigenvalue weighted by molar-refractivity contribution is 8.67. The van der Waals surface area contributed by atoms with Crippen LogP contribution in [0.1, 0.15) is 245 Å². The highest BCUT2D eigenvalue weighted by Crippen LogP contribution is 2.56. The lowest BCUT2D eigenvalue weighted by atomic mass is 10.0. The van der Waals surface area contributed by atoms with Crippen molar-refractivity contribution in [2.24, 2.45) is 0 Å². The molecule has 0 fully saturated rings. The van der Waals surface area contributed by atoms with Gasteiger partial charge in [-0.05, 0) is 24.6 Å². The molecule has 0 rings (SSSR count). The Morgan fingerprint density at radius 3 is 0.867 bits per heavy atom. The summed E-state index contributed by atoms with van der Waals surface area (Å²) in [5.41, 5.74) is -2.63. The Labute approximate surface area is 294 Å². The van der Waals surface area contributed by atoms with Gasteiger partial charge < -0.3 is 9.42 Å². The minimum atomic E-state index is -2.63. The molecule has 0 aliphatic rings. The average molecular weight is 691 g/mol. The summed E-state index contributed by atoms with van der Waals surface area (Å²) in [6.07, 6.45) is 50.1. The molecule has 0 radical (unpaired) electrons. The van der Waals surface area contributed by atoms with Gasteiger partial charge in [-0.25, -0.2) is 0 Å². The molecule has 5 heteroatoms. The van der Waals surface area contributed by atoms with Crippen LogP contribution in [0.4, 0.5) is 0 Å². The van der Waals surface area contributed by atoms with Gasteiger partial charge >= 0.3 is 0 Å². The highest BCUT2D eigenvalue weighted by atomic mass is 32.9. The molecule has 272 valence electrons. The summed E-state index contributed by atoms with van der Waals surface area (Å²) in [6.45, 7) is 5.23. The summed E-state index contributed by atoms with van der Waals surface area (Å²) < 4.78 is 5.74. The third-order valence-corrected chi connectivity index (χ3v) is 13.9. The van der Waals surface area contributed by atoms with Crippen molar-refractivity contribution in [2.75, 3.05) is 12.4 Å². The summed E-state index contributed by atoms with van der Waals surface area (Å²) in [6, 6.07) is 0. The van der Waals surface area contributed by atoms with E-state index in [1.165, 1.54) is 230 Å². The molecule has 1 N–H and O–H groups in total. The quantitative estimate of drug-likeness (QED) is 0.0512. The molecule has 0 aliphatic carbocycles. The molecule has 0 heterocycles. The zero-order chi connectivity index (χ0) is 32.8. The SMILES string of the molecule is CCCCCCCCCCCCCCCCCCCCOP(O)(=S)SCCCCCCCCCCCCCCCCCCCC. The Balaban J connectivity index is 3.25. The standard InChI is InChI=1S/C40H83O2PS2/c1-3-5-7-9-11-13-15-17-19-21-23-25-27-29-31-33-35-37-39-42-43(41,44)45-40-38-36-34-32-30-28-26-24-22-20-18-16-14-12-10-8-6-4-2/h3-40H2,1-2H3,(H,41,44). The molecule has 0 aromatic carbocycles. The maximum Gasteiger partial charge on any atom is 0.244 e. The van der Waals surface area contributed by atoms with E-state index in [-0.39, 0.29) is 0 Å². The van der Waals surface area contributed by atoms with Crippen LogP contribution in [0.2, 0.25) is 0 Å². The van der Waals surface area contributed by atoms with Crippen LogP contribution in [-0.4, -0.2) is 17.3 Å². The molecule has 0 aliphatic heterocycles. The molecule has 2 nitrogen and oxygen atoms in total. The van der Waals surface area contributed by atoms with E-state index >= 15 is 0 Å². The summed E-state index contributed by atoms with van der Waals surface area (Å²) in [4.78, 5) is 10.5. The third-order valence-electron chi connectivity index (χ3n) is 9.50. The van der Waals surface area contributed by atoms with Crippen LogP contribution in [-0.2, 0) is 16.3 Å². The van der Waals surface area contributed by atoms with Gasteiger partial charge in [0.1, 0.15) is 0 Å². The van der Waals surface area contributed by atoms with E-state index in [9.17, 15) is 4.89 Å². The van der Waals surface area contributed by atoms with Crippen molar-refractivity contribution in [3.8, 4) is 0 Å². The predicted molar refractivity (Wildman–Crippen MR) is 212 cm³/mol. The largest absolute Gasteiger partial charge is 0.337 e. The van der Waals surface area contributed by atoms with Gasteiger partial charge in [-0.15, -0.1) is 0 Å². The second kappa shape index (κ2) is 39.4. The lowest BCUT2D eigenvalue weighted by Gasteiger charge is -2.14. The van der Waals surface area contributed by atoms with Gasteiger partial charge in [0.2, 0.25) is 5.69 Å². The molecule has 0 spiro atoms.